The number of nitro groups is 1. The van der Waals surface area contributed by atoms with Gasteiger partial charge in [-0.2, -0.15) is 0 Å². The van der Waals surface area contributed by atoms with Crippen LogP contribution in [0.3, 0.4) is 0 Å². The van der Waals surface area contributed by atoms with Gasteiger partial charge in [0.25, 0.3) is 11.6 Å². The standard InChI is InChI=1S/C12H13BrN2O3/c1-8-6-10(15(17)18)2-3-11(8)12(16)14-5-4-9(13)7-14/h2-3,6,9H,4-5,7H2,1H3. The minimum absolute atomic E-state index is 0.0174. The van der Waals surface area contributed by atoms with Gasteiger partial charge < -0.3 is 4.90 Å². The molecule has 1 atom stereocenters. The molecule has 1 fully saturated rings. The second-order valence-corrected chi connectivity index (χ2v) is 5.69. The van der Waals surface area contributed by atoms with Crippen molar-refractivity contribution >= 4 is 27.5 Å². The van der Waals surface area contributed by atoms with E-state index in [1.807, 2.05) is 0 Å². The topological polar surface area (TPSA) is 63.5 Å². The quantitative estimate of drug-likeness (QED) is 0.479. The van der Waals surface area contributed by atoms with E-state index in [-0.39, 0.29) is 11.6 Å². The predicted molar refractivity (Wildman–Crippen MR) is 71.1 cm³/mol. The Hall–Kier alpha value is -1.43. The van der Waals surface area contributed by atoms with Crippen molar-refractivity contribution < 1.29 is 9.72 Å². The molecule has 1 aromatic rings. The van der Waals surface area contributed by atoms with E-state index >= 15 is 0 Å². The van der Waals surface area contributed by atoms with Crippen LogP contribution < -0.4 is 0 Å². The maximum absolute atomic E-state index is 12.2. The molecule has 0 spiro atoms. The number of alkyl halides is 1. The molecule has 6 heteroatoms. The lowest BCUT2D eigenvalue weighted by Gasteiger charge is -2.16. The van der Waals surface area contributed by atoms with Crippen LogP contribution in [0.5, 0.6) is 0 Å². The summed E-state index contributed by atoms with van der Waals surface area (Å²) in [5.41, 5.74) is 1.21. The fourth-order valence-corrected chi connectivity index (χ4v) is 2.63. The minimum Gasteiger partial charge on any atom is -0.337 e. The van der Waals surface area contributed by atoms with E-state index in [9.17, 15) is 14.9 Å². The maximum atomic E-state index is 12.2. The Morgan fingerprint density at radius 2 is 2.28 bits per heavy atom. The number of carbonyl (C=O) groups excluding carboxylic acids is 1. The molecule has 18 heavy (non-hydrogen) atoms. The average molecular weight is 313 g/mol. The van der Waals surface area contributed by atoms with Crippen molar-refractivity contribution in [2.45, 2.75) is 18.2 Å². The highest BCUT2D eigenvalue weighted by Crippen LogP contribution is 2.22. The molecular weight excluding hydrogens is 300 g/mol. The highest BCUT2D eigenvalue weighted by Gasteiger charge is 2.26. The maximum Gasteiger partial charge on any atom is 0.269 e. The second-order valence-electron chi connectivity index (χ2n) is 4.39. The Balaban J connectivity index is 2.23. The molecular formula is C12H13BrN2O3. The van der Waals surface area contributed by atoms with Crippen molar-refractivity contribution in [1.29, 1.82) is 0 Å². The first-order valence-electron chi connectivity index (χ1n) is 5.67. The number of non-ortho nitro benzene ring substituents is 1. The van der Waals surface area contributed by atoms with Crippen LogP contribution in [-0.2, 0) is 0 Å². The molecule has 1 aliphatic rings. The van der Waals surface area contributed by atoms with Gasteiger partial charge in [-0.3, -0.25) is 14.9 Å². The normalized spacial score (nSPS) is 19.0. The molecule has 1 aliphatic heterocycles. The number of aryl methyl sites for hydroxylation is 1. The van der Waals surface area contributed by atoms with Gasteiger partial charge in [0.1, 0.15) is 0 Å². The molecule has 1 aromatic carbocycles. The first-order chi connectivity index (χ1) is 8.49. The second kappa shape index (κ2) is 5.06. The Morgan fingerprint density at radius 3 is 2.78 bits per heavy atom. The molecule has 0 N–H and O–H groups in total. The Labute approximate surface area is 113 Å². The van der Waals surface area contributed by atoms with Crippen LogP contribution in [0.1, 0.15) is 22.3 Å². The summed E-state index contributed by atoms with van der Waals surface area (Å²) in [6.45, 7) is 3.14. The monoisotopic (exact) mass is 312 g/mol. The number of hydrogen-bond acceptors (Lipinski definition) is 3. The summed E-state index contributed by atoms with van der Waals surface area (Å²) in [6, 6.07) is 4.36. The number of rotatable bonds is 2. The Bertz CT molecular complexity index is 504. The first-order valence-corrected chi connectivity index (χ1v) is 6.59. The fraction of sp³-hybridized carbons (Fsp3) is 0.417. The van der Waals surface area contributed by atoms with Crippen molar-refractivity contribution in [3.63, 3.8) is 0 Å². The summed E-state index contributed by atoms with van der Waals surface area (Å²) in [4.78, 5) is 24.5. The van der Waals surface area contributed by atoms with E-state index < -0.39 is 4.92 Å². The van der Waals surface area contributed by atoms with Gasteiger partial charge in [-0.15, -0.1) is 0 Å². The zero-order valence-electron chi connectivity index (χ0n) is 9.93. The lowest BCUT2D eigenvalue weighted by Crippen LogP contribution is -2.29. The zero-order valence-corrected chi connectivity index (χ0v) is 11.5. The van der Waals surface area contributed by atoms with Gasteiger partial charge in [0.2, 0.25) is 0 Å². The van der Waals surface area contributed by atoms with Crippen LogP contribution >= 0.6 is 15.9 Å². The van der Waals surface area contributed by atoms with Crippen LogP contribution in [0.15, 0.2) is 18.2 Å². The molecule has 0 bridgehead atoms. The van der Waals surface area contributed by atoms with E-state index in [1.165, 1.54) is 18.2 Å². The van der Waals surface area contributed by atoms with Crippen molar-refractivity contribution in [2.75, 3.05) is 13.1 Å². The van der Waals surface area contributed by atoms with Gasteiger partial charge in [-0.25, -0.2) is 0 Å². The fourth-order valence-electron chi connectivity index (χ4n) is 2.07. The number of nitro benzene ring substituents is 1. The molecule has 1 amide bonds. The van der Waals surface area contributed by atoms with E-state index in [0.29, 0.717) is 22.5 Å². The van der Waals surface area contributed by atoms with E-state index in [0.717, 1.165) is 13.0 Å². The van der Waals surface area contributed by atoms with Crippen LogP contribution in [-0.4, -0.2) is 33.6 Å². The van der Waals surface area contributed by atoms with Gasteiger partial charge in [0, 0.05) is 35.6 Å². The van der Waals surface area contributed by atoms with Gasteiger partial charge in [-0.1, -0.05) is 15.9 Å². The molecule has 96 valence electrons. The molecule has 1 unspecified atom stereocenters. The summed E-state index contributed by atoms with van der Waals surface area (Å²) in [6.07, 6.45) is 0.942. The van der Waals surface area contributed by atoms with Crippen LogP contribution in [0.4, 0.5) is 5.69 Å². The third-order valence-electron chi connectivity index (χ3n) is 3.07. The SMILES string of the molecule is Cc1cc([N+](=O)[O-])ccc1C(=O)N1CCC(Br)C1. The number of carbonyl (C=O) groups is 1. The lowest BCUT2D eigenvalue weighted by atomic mass is 10.1. The van der Waals surface area contributed by atoms with E-state index in [1.54, 1.807) is 11.8 Å². The van der Waals surface area contributed by atoms with Crippen LogP contribution in [0.25, 0.3) is 0 Å². The van der Waals surface area contributed by atoms with Crippen molar-refractivity contribution in [1.82, 2.24) is 4.90 Å². The number of hydrogen-bond donors (Lipinski definition) is 0. The zero-order chi connectivity index (χ0) is 13.3. The largest absolute Gasteiger partial charge is 0.337 e. The van der Waals surface area contributed by atoms with Crippen molar-refractivity contribution in [3.05, 3.63) is 39.4 Å². The molecule has 0 radical (unpaired) electrons. The Kier molecular flexibility index (Phi) is 3.65. The smallest absolute Gasteiger partial charge is 0.269 e. The molecule has 1 heterocycles. The molecule has 0 aliphatic carbocycles. The van der Waals surface area contributed by atoms with Crippen molar-refractivity contribution in [2.24, 2.45) is 0 Å². The average Bonchev–Trinajstić information content (AvgIpc) is 2.74. The van der Waals surface area contributed by atoms with Gasteiger partial charge >= 0.3 is 0 Å². The van der Waals surface area contributed by atoms with Gasteiger partial charge in [0.15, 0.2) is 0 Å². The van der Waals surface area contributed by atoms with Crippen LogP contribution in [0, 0.1) is 17.0 Å². The molecule has 1 saturated heterocycles. The number of likely N-dealkylation sites (tertiary alicyclic amines) is 1. The Morgan fingerprint density at radius 1 is 1.56 bits per heavy atom. The predicted octanol–water partition coefficient (Wildman–Crippen LogP) is 2.51. The molecule has 2 rings (SSSR count). The number of halogens is 1. The number of nitrogens with zero attached hydrogens (tertiary/aromatic N) is 2. The van der Waals surface area contributed by atoms with Gasteiger partial charge in [-0.05, 0) is 25.0 Å². The third-order valence-corrected chi connectivity index (χ3v) is 3.82. The summed E-state index contributed by atoms with van der Waals surface area (Å²) >= 11 is 3.49. The van der Waals surface area contributed by atoms with E-state index in [2.05, 4.69) is 15.9 Å². The lowest BCUT2D eigenvalue weighted by molar-refractivity contribution is -0.384. The highest BCUT2D eigenvalue weighted by molar-refractivity contribution is 9.09. The van der Waals surface area contributed by atoms with Crippen molar-refractivity contribution in [3.8, 4) is 0 Å². The summed E-state index contributed by atoms with van der Waals surface area (Å²) in [7, 11) is 0. The minimum atomic E-state index is -0.453. The third kappa shape index (κ3) is 2.53. The highest BCUT2D eigenvalue weighted by atomic mass is 79.9. The summed E-state index contributed by atoms with van der Waals surface area (Å²) < 4.78 is 0. The number of amides is 1. The van der Waals surface area contributed by atoms with Gasteiger partial charge in [0.05, 0.1) is 4.92 Å². The first kappa shape index (κ1) is 13.0. The number of benzene rings is 1. The molecule has 0 saturated carbocycles. The summed E-state index contributed by atoms with van der Waals surface area (Å²) in [5, 5.41) is 10.6. The molecule has 0 aromatic heterocycles. The van der Waals surface area contributed by atoms with Crippen LogP contribution in [0.2, 0.25) is 0 Å². The van der Waals surface area contributed by atoms with E-state index in [4.69, 9.17) is 0 Å². The molecule has 5 nitrogen and oxygen atoms in total. The summed E-state index contributed by atoms with van der Waals surface area (Å²) in [5.74, 6) is -0.0515.